The Morgan fingerprint density at radius 2 is 1.88 bits per heavy atom. The quantitative estimate of drug-likeness (QED) is 0.829. The van der Waals surface area contributed by atoms with E-state index in [0.717, 1.165) is 11.1 Å². The molecule has 0 aromatic heterocycles. The average molecular weight is 329 g/mol. The molecule has 1 amide bonds. The molecule has 2 aromatic rings. The van der Waals surface area contributed by atoms with E-state index in [2.05, 4.69) is 5.32 Å². The normalized spacial score (nSPS) is 10.3. The molecule has 0 aliphatic rings. The molecule has 5 heteroatoms. The zero-order valence-corrected chi connectivity index (χ0v) is 13.8. The molecule has 2 aromatic carbocycles. The molecular formula is C19H20FNO3. The molecule has 4 nitrogen and oxygen atoms in total. The SMILES string of the molecule is Cc1ccc(C(=O)OCC(=O)NCCc2ccccc2F)c(C)c1. The highest BCUT2D eigenvalue weighted by Gasteiger charge is 2.12. The van der Waals surface area contributed by atoms with E-state index in [1.807, 2.05) is 26.0 Å². The largest absolute Gasteiger partial charge is 0.452 e. The van der Waals surface area contributed by atoms with E-state index in [-0.39, 0.29) is 19.0 Å². The molecule has 0 radical (unpaired) electrons. The minimum absolute atomic E-state index is 0.279. The molecule has 1 N–H and O–H groups in total. The Bertz CT molecular complexity index is 743. The lowest BCUT2D eigenvalue weighted by atomic mass is 10.1. The van der Waals surface area contributed by atoms with Crippen LogP contribution in [0.3, 0.4) is 0 Å². The van der Waals surface area contributed by atoms with Gasteiger partial charge in [-0.25, -0.2) is 9.18 Å². The van der Waals surface area contributed by atoms with Crippen LogP contribution in [0.5, 0.6) is 0 Å². The molecule has 0 spiro atoms. The first-order valence-corrected chi connectivity index (χ1v) is 7.72. The molecule has 2 rings (SSSR count). The second-order valence-corrected chi connectivity index (χ2v) is 5.59. The maximum Gasteiger partial charge on any atom is 0.338 e. The van der Waals surface area contributed by atoms with Gasteiger partial charge in [0.1, 0.15) is 5.82 Å². The van der Waals surface area contributed by atoms with Crippen molar-refractivity contribution in [2.45, 2.75) is 20.3 Å². The van der Waals surface area contributed by atoms with Gasteiger partial charge in [0.25, 0.3) is 5.91 Å². The van der Waals surface area contributed by atoms with Gasteiger partial charge >= 0.3 is 5.97 Å². The number of carbonyl (C=O) groups excluding carboxylic acids is 2. The fourth-order valence-corrected chi connectivity index (χ4v) is 2.34. The van der Waals surface area contributed by atoms with Crippen molar-refractivity contribution in [2.24, 2.45) is 0 Å². The zero-order chi connectivity index (χ0) is 17.5. The molecule has 0 unspecified atom stereocenters. The summed E-state index contributed by atoms with van der Waals surface area (Å²) in [5.74, 6) is -1.24. The molecular weight excluding hydrogens is 309 g/mol. The molecule has 0 fully saturated rings. The van der Waals surface area contributed by atoms with Crippen molar-refractivity contribution in [1.82, 2.24) is 5.32 Å². The van der Waals surface area contributed by atoms with Gasteiger partial charge in [0.2, 0.25) is 0 Å². The first-order chi connectivity index (χ1) is 11.5. The lowest BCUT2D eigenvalue weighted by Gasteiger charge is -2.09. The third kappa shape index (κ3) is 4.91. The number of halogens is 1. The molecule has 0 atom stereocenters. The number of hydrogen-bond donors (Lipinski definition) is 1. The Morgan fingerprint density at radius 3 is 2.58 bits per heavy atom. The van der Waals surface area contributed by atoms with E-state index in [1.54, 1.807) is 24.3 Å². The minimum atomic E-state index is -0.531. The highest BCUT2D eigenvalue weighted by Crippen LogP contribution is 2.11. The van der Waals surface area contributed by atoms with Crippen LogP contribution in [0.4, 0.5) is 4.39 Å². The number of carbonyl (C=O) groups is 2. The lowest BCUT2D eigenvalue weighted by Crippen LogP contribution is -2.30. The minimum Gasteiger partial charge on any atom is -0.452 e. The van der Waals surface area contributed by atoms with Gasteiger partial charge in [0.05, 0.1) is 5.56 Å². The Morgan fingerprint density at radius 1 is 1.12 bits per heavy atom. The van der Waals surface area contributed by atoms with Gasteiger partial charge in [-0.05, 0) is 43.5 Å². The number of rotatable bonds is 6. The van der Waals surface area contributed by atoms with Gasteiger partial charge in [0, 0.05) is 6.54 Å². The first kappa shape index (κ1) is 17.7. The van der Waals surface area contributed by atoms with Gasteiger partial charge in [-0.15, -0.1) is 0 Å². The standard InChI is InChI=1S/C19H20FNO3/c1-13-7-8-16(14(2)11-13)19(23)24-12-18(22)21-10-9-15-5-3-4-6-17(15)20/h3-8,11H,9-10,12H2,1-2H3,(H,21,22). The van der Waals surface area contributed by atoms with Crippen LogP contribution in [-0.2, 0) is 16.0 Å². The zero-order valence-electron chi connectivity index (χ0n) is 13.8. The van der Waals surface area contributed by atoms with E-state index in [1.165, 1.54) is 6.07 Å². The molecule has 0 heterocycles. The highest BCUT2D eigenvalue weighted by atomic mass is 19.1. The fraction of sp³-hybridized carbons (Fsp3) is 0.263. The predicted octanol–water partition coefficient (Wildman–Crippen LogP) is 2.96. The summed E-state index contributed by atoms with van der Waals surface area (Å²) in [4.78, 5) is 23.7. The number of nitrogens with one attached hydrogen (secondary N) is 1. The van der Waals surface area contributed by atoms with Crippen LogP contribution in [-0.4, -0.2) is 25.0 Å². The summed E-state index contributed by atoms with van der Waals surface area (Å²) < 4.78 is 18.5. The van der Waals surface area contributed by atoms with Gasteiger partial charge < -0.3 is 10.1 Å². The molecule has 0 saturated carbocycles. The summed E-state index contributed by atoms with van der Waals surface area (Å²) in [5.41, 5.74) is 2.83. The van der Waals surface area contributed by atoms with E-state index < -0.39 is 11.9 Å². The van der Waals surface area contributed by atoms with Crippen molar-refractivity contribution in [3.8, 4) is 0 Å². The number of amides is 1. The van der Waals surface area contributed by atoms with Crippen molar-refractivity contribution < 1.29 is 18.7 Å². The maximum absolute atomic E-state index is 13.4. The lowest BCUT2D eigenvalue weighted by molar-refractivity contribution is -0.124. The molecule has 0 aliphatic heterocycles. The van der Waals surface area contributed by atoms with Crippen LogP contribution >= 0.6 is 0 Å². The molecule has 0 aliphatic carbocycles. The van der Waals surface area contributed by atoms with Crippen molar-refractivity contribution in [3.63, 3.8) is 0 Å². The van der Waals surface area contributed by atoms with Crippen LogP contribution in [0.1, 0.15) is 27.0 Å². The van der Waals surface area contributed by atoms with E-state index >= 15 is 0 Å². The fourth-order valence-electron chi connectivity index (χ4n) is 2.34. The molecule has 24 heavy (non-hydrogen) atoms. The average Bonchev–Trinajstić information content (AvgIpc) is 2.54. The maximum atomic E-state index is 13.4. The Labute approximate surface area is 140 Å². The van der Waals surface area contributed by atoms with Crippen molar-refractivity contribution in [2.75, 3.05) is 13.2 Å². The van der Waals surface area contributed by atoms with E-state index in [9.17, 15) is 14.0 Å². The van der Waals surface area contributed by atoms with Crippen LogP contribution in [0.25, 0.3) is 0 Å². The second-order valence-electron chi connectivity index (χ2n) is 5.59. The van der Waals surface area contributed by atoms with Crippen molar-refractivity contribution in [1.29, 1.82) is 0 Å². The molecule has 126 valence electrons. The Balaban J connectivity index is 1.77. The summed E-state index contributed by atoms with van der Waals surface area (Å²) in [6.45, 7) is 3.67. The van der Waals surface area contributed by atoms with Crippen LogP contribution < -0.4 is 5.32 Å². The topological polar surface area (TPSA) is 55.4 Å². The summed E-state index contributed by atoms with van der Waals surface area (Å²) in [6.07, 6.45) is 0.378. The third-order valence-electron chi connectivity index (χ3n) is 3.61. The number of hydrogen-bond acceptors (Lipinski definition) is 3. The van der Waals surface area contributed by atoms with Gasteiger partial charge in [-0.2, -0.15) is 0 Å². The van der Waals surface area contributed by atoms with Crippen molar-refractivity contribution in [3.05, 3.63) is 70.5 Å². The number of benzene rings is 2. The molecule has 0 saturated heterocycles. The number of aryl methyl sites for hydroxylation is 2. The number of esters is 1. The smallest absolute Gasteiger partial charge is 0.338 e. The predicted molar refractivity (Wildman–Crippen MR) is 89.3 cm³/mol. The van der Waals surface area contributed by atoms with Gasteiger partial charge in [-0.1, -0.05) is 35.9 Å². The van der Waals surface area contributed by atoms with Gasteiger partial charge in [-0.3, -0.25) is 4.79 Å². The second kappa shape index (κ2) is 8.24. The monoisotopic (exact) mass is 329 g/mol. The summed E-state index contributed by atoms with van der Waals surface area (Å²) in [5, 5.41) is 2.61. The van der Waals surface area contributed by atoms with E-state index in [4.69, 9.17) is 4.74 Å². The highest BCUT2D eigenvalue weighted by molar-refractivity contribution is 5.92. The Hall–Kier alpha value is -2.69. The van der Waals surface area contributed by atoms with Gasteiger partial charge in [0.15, 0.2) is 6.61 Å². The van der Waals surface area contributed by atoms with Crippen molar-refractivity contribution >= 4 is 11.9 Å². The molecule has 0 bridgehead atoms. The summed E-state index contributed by atoms with van der Waals surface area (Å²) in [7, 11) is 0. The summed E-state index contributed by atoms with van der Waals surface area (Å²) >= 11 is 0. The number of ether oxygens (including phenoxy) is 1. The van der Waals surface area contributed by atoms with Crippen LogP contribution in [0.15, 0.2) is 42.5 Å². The van der Waals surface area contributed by atoms with E-state index in [0.29, 0.717) is 17.5 Å². The van der Waals surface area contributed by atoms with Crippen LogP contribution in [0.2, 0.25) is 0 Å². The van der Waals surface area contributed by atoms with Crippen LogP contribution in [0, 0.1) is 19.7 Å². The summed E-state index contributed by atoms with van der Waals surface area (Å²) in [6, 6.07) is 11.8. The third-order valence-corrected chi connectivity index (χ3v) is 3.61. The Kier molecular flexibility index (Phi) is 6.07. The first-order valence-electron chi connectivity index (χ1n) is 7.72.